The summed E-state index contributed by atoms with van der Waals surface area (Å²) in [7, 11) is 0. The van der Waals surface area contributed by atoms with Crippen molar-refractivity contribution in [3.63, 3.8) is 0 Å². The molecule has 1 N–H and O–H groups in total. The van der Waals surface area contributed by atoms with E-state index in [1.54, 1.807) is 0 Å². The van der Waals surface area contributed by atoms with Crippen LogP contribution in [0.25, 0.3) is 0 Å². The van der Waals surface area contributed by atoms with Crippen LogP contribution in [0.3, 0.4) is 0 Å². The van der Waals surface area contributed by atoms with Gasteiger partial charge in [0, 0.05) is 5.28 Å². The van der Waals surface area contributed by atoms with E-state index in [1.807, 2.05) is 13.8 Å². The molecule has 0 saturated carbocycles. The van der Waals surface area contributed by atoms with Crippen LogP contribution in [0.1, 0.15) is 20.3 Å². The quantitative estimate of drug-likeness (QED) is 0.428. The fourth-order valence-corrected chi connectivity index (χ4v) is 0.165. The molecule has 0 fully saturated rings. The normalized spacial score (nSPS) is 12.9. The van der Waals surface area contributed by atoms with Crippen molar-refractivity contribution in [2.24, 2.45) is 5.28 Å². The molecule has 0 aliphatic carbocycles. The van der Waals surface area contributed by atoms with Gasteiger partial charge in [-0.05, 0) is 13.3 Å². The summed E-state index contributed by atoms with van der Waals surface area (Å²) in [6, 6.07) is 0. The molecule has 0 bridgehead atoms. The Labute approximate surface area is 43.1 Å². The molecule has 0 aromatic heterocycles. The predicted molar refractivity (Wildman–Crippen MR) is 26.0 cm³/mol. The lowest BCUT2D eigenvalue weighted by molar-refractivity contribution is 0.0479. The summed E-state index contributed by atoms with van der Waals surface area (Å²) in [6.45, 7) is 3.86. The second kappa shape index (κ2) is 3.59. The molecular weight excluding hydrogens is 92.1 g/mol. The second-order valence-electron chi connectivity index (χ2n) is 1.42. The van der Waals surface area contributed by atoms with Gasteiger partial charge >= 0.3 is 0 Å². The molecule has 1 atom stereocenters. The van der Waals surface area contributed by atoms with Crippen molar-refractivity contribution in [2.75, 3.05) is 0 Å². The minimum Gasteiger partial charge on any atom is -0.377 e. The van der Waals surface area contributed by atoms with Crippen molar-refractivity contribution in [3.8, 4) is 0 Å². The Balaban J connectivity index is 2.98. The van der Waals surface area contributed by atoms with Crippen LogP contribution in [-0.2, 0) is 4.84 Å². The monoisotopic (exact) mass is 102 g/mol. The van der Waals surface area contributed by atoms with E-state index in [0.29, 0.717) is 0 Å². The first-order valence-corrected chi connectivity index (χ1v) is 2.33. The topological polar surface area (TPSA) is 45.4 Å². The predicted octanol–water partition coefficient (Wildman–Crippen LogP) is 1.75. The number of hydrogen-bond acceptors (Lipinski definition) is 3. The third-order valence-electron chi connectivity index (χ3n) is 0.808. The number of hydrogen-bond donors (Lipinski definition) is 1. The van der Waals surface area contributed by atoms with Crippen molar-refractivity contribution >= 4 is 0 Å². The van der Waals surface area contributed by atoms with Gasteiger partial charge in [0.05, 0.1) is 0 Å². The molecule has 0 amide bonds. The average molecular weight is 102 g/mol. The summed E-state index contributed by atoms with van der Waals surface area (Å²) in [6.07, 6.45) is 1.00. The highest BCUT2D eigenvalue weighted by Gasteiger charge is 1.93. The van der Waals surface area contributed by atoms with Crippen molar-refractivity contribution in [1.29, 1.82) is 5.53 Å². The molecule has 0 rings (SSSR count). The molecule has 3 heteroatoms. The molecule has 0 heterocycles. The van der Waals surface area contributed by atoms with Crippen LogP contribution in [0.4, 0.5) is 0 Å². The summed E-state index contributed by atoms with van der Waals surface area (Å²) < 4.78 is 0. The Morgan fingerprint density at radius 2 is 2.43 bits per heavy atom. The minimum atomic E-state index is 0.0949. The highest BCUT2D eigenvalue weighted by atomic mass is 16.6. The van der Waals surface area contributed by atoms with E-state index in [0.717, 1.165) is 6.42 Å². The molecular formula is C4H10N2O. The van der Waals surface area contributed by atoms with Crippen LogP contribution in [0.5, 0.6) is 0 Å². The van der Waals surface area contributed by atoms with Crippen LogP contribution >= 0.6 is 0 Å². The zero-order chi connectivity index (χ0) is 5.70. The third-order valence-corrected chi connectivity index (χ3v) is 0.808. The zero-order valence-corrected chi connectivity index (χ0v) is 4.64. The van der Waals surface area contributed by atoms with Gasteiger partial charge in [-0.3, -0.25) is 0 Å². The van der Waals surface area contributed by atoms with Crippen LogP contribution in [0.15, 0.2) is 5.28 Å². The van der Waals surface area contributed by atoms with Crippen molar-refractivity contribution in [1.82, 2.24) is 0 Å². The maximum atomic E-state index is 6.24. The average Bonchev–Trinajstić information content (AvgIpc) is 1.68. The minimum absolute atomic E-state index is 0.0949. The lowest BCUT2D eigenvalue weighted by atomic mass is 10.3. The van der Waals surface area contributed by atoms with Crippen molar-refractivity contribution in [2.45, 2.75) is 26.4 Å². The lowest BCUT2D eigenvalue weighted by Gasteiger charge is -2.00. The standard InChI is InChI=1S/C4H10N2O/c1-3-4(2)7-6-5/h4-5H,3H2,1-2H3. The second-order valence-corrected chi connectivity index (χ2v) is 1.42. The van der Waals surface area contributed by atoms with E-state index >= 15 is 0 Å². The van der Waals surface area contributed by atoms with E-state index in [2.05, 4.69) is 10.1 Å². The van der Waals surface area contributed by atoms with Gasteiger partial charge in [0.1, 0.15) is 6.10 Å². The van der Waals surface area contributed by atoms with Crippen molar-refractivity contribution < 1.29 is 4.84 Å². The fraction of sp³-hybridized carbons (Fsp3) is 1.00. The van der Waals surface area contributed by atoms with Gasteiger partial charge < -0.3 is 4.84 Å². The Kier molecular flexibility index (Phi) is 3.28. The van der Waals surface area contributed by atoms with Gasteiger partial charge in [-0.1, -0.05) is 6.92 Å². The first kappa shape index (κ1) is 6.40. The maximum Gasteiger partial charge on any atom is 0.126 e. The molecule has 0 aliphatic rings. The highest BCUT2D eigenvalue weighted by Crippen LogP contribution is 1.93. The van der Waals surface area contributed by atoms with Crippen LogP contribution in [-0.4, -0.2) is 6.10 Å². The first-order valence-electron chi connectivity index (χ1n) is 2.33. The van der Waals surface area contributed by atoms with Crippen LogP contribution in [0.2, 0.25) is 0 Å². The van der Waals surface area contributed by atoms with Gasteiger partial charge in [-0.2, -0.15) is 5.53 Å². The van der Waals surface area contributed by atoms with E-state index in [1.165, 1.54) is 0 Å². The summed E-state index contributed by atoms with van der Waals surface area (Å²) in [5.74, 6) is 0. The Morgan fingerprint density at radius 1 is 1.86 bits per heavy atom. The molecule has 3 nitrogen and oxygen atoms in total. The molecule has 0 radical (unpaired) electrons. The smallest absolute Gasteiger partial charge is 0.126 e. The summed E-state index contributed by atoms with van der Waals surface area (Å²) in [4.78, 5) is 4.48. The highest BCUT2D eigenvalue weighted by molar-refractivity contribution is 4.38. The van der Waals surface area contributed by atoms with Gasteiger partial charge in [-0.15, -0.1) is 0 Å². The van der Waals surface area contributed by atoms with Gasteiger partial charge in [0.2, 0.25) is 0 Å². The first-order chi connectivity index (χ1) is 3.31. The number of nitrogens with one attached hydrogen (secondary N) is 1. The third kappa shape index (κ3) is 3.22. The largest absolute Gasteiger partial charge is 0.377 e. The summed E-state index contributed by atoms with van der Waals surface area (Å²) >= 11 is 0. The number of nitrogens with zero attached hydrogens (tertiary/aromatic N) is 1. The van der Waals surface area contributed by atoms with Crippen LogP contribution in [0, 0.1) is 5.53 Å². The van der Waals surface area contributed by atoms with E-state index in [4.69, 9.17) is 5.53 Å². The molecule has 1 unspecified atom stereocenters. The van der Waals surface area contributed by atoms with Crippen molar-refractivity contribution in [3.05, 3.63) is 0 Å². The summed E-state index contributed by atoms with van der Waals surface area (Å²) in [5, 5.41) is 2.76. The lowest BCUT2D eigenvalue weighted by Crippen LogP contribution is -1.99. The Bertz CT molecular complexity index is 55.7. The molecule has 0 spiro atoms. The number of rotatable bonds is 3. The zero-order valence-electron chi connectivity index (χ0n) is 4.64. The van der Waals surface area contributed by atoms with E-state index < -0.39 is 0 Å². The van der Waals surface area contributed by atoms with Gasteiger partial charge in [0.15, 0.2) is 0 Å². The van der Waals surface area contributed by atoms with Gasteiger partial charge in [-0.25, -0.2) is 0 Å². The SMILES string of the molecule is CCC(C)ON=N. The molecule has 7 heavy (non-hydrogen) atoms. The molecule has 0 aromatic rings. The van der Waals surface area contributed by atoms with E-state index in [-0.39, 0.29) is 6.10 Å². The van der Waals surface area contributed by atoms with Crippen LogP contribution < -0.4 is 0 Å². The summed E-state index contributed by atoms with van der Waals surface area (Å²) in [5.41, 5.74) is 6.24. The molecule has 0 saturated heterocycles. The van der Waals surface area contributed by atoms with E-state index in [9.17, 15) is 0 Å². The molecule has 42 valence electrons. The Hall–Kier alpha value is -0.600. The van der Waals surface area contributed by atoms with Gasteiger partial charge in [0.25, 0.3) is 0 Å². The molecule has 0 aromatic carbocycles. The fourth-order valence-electron chi connectivity index (χ4n) is 0.165. The maximum absolute atomic E-state index is 6.24. The Morgan fingerprint density at radius 3 is 2.57 bits per heavy atom. The molecule has 0 aliphatic heterocycles.